The van der Waals surface area contributed by atoms with Gasteiger partial charge in [0.1, 0.15) is 5.75 Å². The van der Waals surface area contributed by atoms with Crippen molar-refractivity contribution in [2.24, 2.45) is 0 Å². The zero-order valence-electron chi connectivity index (χ0n) is 12.0. The summed E-state index contributed by atoms with van der Waals surface area (Å²) in [7, 11) is 3.99. The van der Waals surface area contributed by atoms with Crippen LogP contribution in [0.1, 0.15) is 22.7 Å². The molecule has 0 unspecified atom stereocenters. The molecular formula is C18H19NO. The molecule has 2 nitrogen and oxygen atoms in total. The van der Waals surface area contributed by atoms with Gasteiger partial charge in [0.25, 0.3) is 0 Å². The number of likely N-dealkylation sites (N-methyl/N-ethyl adjacent to an activating group) is 1. The average molecular weight is 265 g/mol. The first-order valence-electron chi connectivity index (χ1n) is 7.27. The second-order valence-corrected chi connectivity index (χ2v) is 5.85. The second kappa shape index (κ2) is 4.35. The van der Waals surface area contributed by atoms with E-state index in [2.05, 4.69) is 48.3 Å². The summed E-state index contributed by atoms with van der Waals surface area (Å²) in [6.45, 7) is 1.15. The Balaban J connectivity index is 1.96. The molecule has 1 aliphatic heterocycles. The van der Waals surface area contributed by atoms with E-state index in [-0.39, 0.29) is 0 Å². The van der Waals surface area contributed by atoms with Crippen molar-refractivity contribution in [3.05, 3.63) is 53.1 Å². The number of rotatable bonds is 1. The summed E-state index contributed by atoms with van der Waals surface area (Å²) < 4.78 is 5.39. The van der Waals surface area contributed by atoms with Gasteiger partial charge in [0, 0.05) is 12.6 Å². The summed E-state index contributed by atoms with van der Waals surface area (Å²) in [6.07, 6.45) is 2.26. The van der Waals surface area contributed by atoms with Gasteiger partial charge >= 0.3 is 0 Å². The van der Waals surface area contributed by atoms with E-state index in [4.69, 9.17) is 4.74 Å². The Hall–Kier alpha value is -1.80. The predicted molar refractivity (Wildman–Crippen MR) is 81.2 cm³/mol. The van der Waals surface area contributed by atoms with Crippen molar-refractivity contribution in [2.75, 3.05) is 20.7 Å². The summed E-state index contributed by atoms with van der Waals surface area (Å²) in [5.41, 5.74) is 7.30. The normalized spacial score (nSPS) is 20.2. The van der Waals surface area contributed by atoms with Crippen molar-refractivity contribution in [2.45, 2.75) is 18.9 Å². The van der Waals surface area contributed by atoms with Gasteiger partial charge < -0.3 is 4.74 Å². The second-order valence-electron chi connectivity index (χ2n) is 5.85. The van der Waals surface area contributed by atoms with E-state index in [0.717, 1.165) is 18.7 Å². The van der Waals surface area contributed by atoms with Crippen LogP contribution in [0.4, 0.5) is 0 Å². The molecular weight excluding hydrogens is 246 g/mol. The van der Waals surface area contributed by atoms with Crippen LogP contribution in [0.3, 0.4) is 0 Å². The quantitative estimate of drug-likeness (QED) is 0.783. The van der Waals surface area contributed by atoms with E-state index in [0.29, 0.717) is 6.04 Å². The number of hydrogen-bond acceptors (Lipinski definition) is 2. The van der Waals surface area contributed by atoms with Crippen LogP contribution < -0.4 is 4.74 Å². The Labute approximate surface area is 120 Å². The third-order valence-electron chi connectivity index (χ3n) is 4.81. The summed E-state index contributed by atoms with van der Waals surface area (Å²) in [4.78, 5) is 2.49. The Morgan fingerprint density at radius 1 is 1.10 bits per heavy atom. The Morgan fingerprint density at radius 3 is 2.85 bits per heavy atom. The monoisotopic (exact) mass is 265 g/mol. The van der Waals surface area contributed by atoms with Crippen molar-refractivity contribution in [3.63, 3.8) is 0 Å². The topological polar surface area (TPSA) is 12.5 Å². The van der Waals surface area contributed by atoms with Crippen LogP contribution in [-0.4, -0.2) is 25.6 Å². The number of ether oxygens (including phenoxy) is 1. The fourth-order valence-electron chi connectivity index (χ4n) is 3.73. The molecule has 0 N–H and O–H groups in total. The maximum absolute atomic E-state index is 5.39. The van der Waals surface area contributed by atoms with Crippen LogP contribution in [0, 0.1) is 0 Å². The van der Waals surface area contributed by atoms with Crippen LogP contribution in [0.5, 0.6) is 5.75 Å². The number of fused-ring (bicyclic) bond motifs is 2. The summed E-state index contributed by atoms with van der Waals surface area (Å²) in [5.74, 6) is 0.960. The molecule has 1 atom stereocenters. The molecule has 1 heterocycles. The molecule has 4 rings (SSSR count). The summed E-state index contributed by atoms with van der Waals surface area (Å²) in [5, 5.41) is 0. The largest absolute Gasteiger partial charge is 0.497 e. The predicted octanol–water partition coefficient (Wildman–Crippen LogP) is 3.45. The van der Waals surface area contributed by atoms with Crippen molar-refractivity contribution in [1.82, 2.24) is 4.90 Å². The third-order valence-corrected chi connectivity index (χ3v) is 4.81. The minimum absolute atomic E-state index is 0.523. The molecule has 1 aliphatic carbocycles. The highest BCUT2D eigenvalue weighted by atomic mass is 16.5. The molecule has 0 radical (unpaired) electrons. The zero-order chi connectivity index (χ0) is 13.7. The van der Waals surface area contributed by atoms with Crippen molar-refractivity contribution >= 4 is 0 Å². The van der Waals surface area contributed by atoms with Crippen LogP contribution >= 0.6 is 0 Å². The lowest BCUT2D eigenvalue weighted by Crippen LogP contribution is -2.35. The van der Waals surface area contributed by atoms with Crippen molar-refractivity contribution < 1.29 is 4.74 Å². The van der Waals surface area contributed by atoms with E-state index in [1.807, 2.05) is 0 Å². The van der Waals surface area contributed by atoms with Gasteiger partial charge in [-0.3, -0.25) is 4.90 Å². The van der Waals surface area contributed by atoms with Gasteiger partial charge in [-0.25, -0.2) is 0 Å². The maximum Gasteiger partial charge on any atom is 0.119 e. The first-order valence-corrected chi connectivity index (χ1v) is 7.27. The molecule has 2 heteroatoms. The van der Waals surface area contributed by atoms with Gasteiger partial charge in [0.15, 0.2) is 0 Å². The fourth-order valence-corrected chi connectivity index (χ4v) is 3.73. The van der Waals surface area contributed by atoms with E-state index in [1.54, 1.807) is 12.7 Å². The van der Waals surface area contributed by atoms with E-state index < -0.39 is 0 Å². The highest BCUT2D eigenvalue weighted by Crippen LogP contribution is 2.45. The van der Waals surface area contributed by atoms with E-state index in [1.165, 1.54) is 28.7 Å². The lowest BCUT2D eigenvalue weighted by Gasteiger charge is -2.39. The molecule has 0 saturated carbocycles. The number of methoxy groups -OCH3 is 1. The molecule has 0 saturated heterocycles. The van der Waals surface area contributed by atoms with Crippen LogP contribution in [0.15, 0.2) is 36.4 Å². The van der Waals surface area contributed by atoms with Crippen LogP contribution in [0.25, 0.3) is 11.1 Å². The number of nitrogens with zero attached hydrogens (tertiary/aromatic N) is 1. The molecule has 102 valence electrons. The van der Waals surface area contributed by atoms with Crippen LogP contribution in [0.2, 0.25) is 0 Å². The van der Waals surface area contributed by atoms with Gasteiger partial charge in [0.05, 0.1) is 7.11 Å². The lowest BCUT2D eigenvalue weighted by molar-refractivity contribution is 0.228. The number of benzene rings is 2. The minimum atomic E-state index is 0.523. The molecule has 0 spiro atoms. The highest BCUT2D eigenvalue weighted by molar-refractivity contribution is 5.76. The van der Waals surface area contributed by atoms with Gasteiger partial charge in [0.2, 0.25) is 0 Å². The zero-order valence-corrected chi connectivity index (χ0v) is 12.0. The van der Waals surface area contributed by atoms with Crippen molar-refractivity contribution in [1.29, 1.82) is 0 Å². The molecule has 20 heavy (non-hydrogen) atoms. The highest BCUT2D eigenvalue weighted by Gasteiger charge is 2.32. The van der Waals surface area contributed by atoms with Gasteiger partial charge in [-0.1, -0.05) is 24.3 Å². The van der Waals surface area contributed by atoms with Gasteiger partial charge in [-0.2, -0.15) is 0 Å². The SMILES string of the molecule is COc1ccc2c(c1)C[C@H]1c3c(cccc3-2)CCN1C. The van der Waals surface area contributed by atoms with Crippen LogP contribution in [-0.2, 0) is 12.8 Å². The average Bonchev–Trinajstić information content (AvgIpc) is 2.50. The standard InChI is InChI=1S/C18H19NO/c1-19-9-8-12-4-3-5-16-15-7-6-14(20-2)10-13(15)11-17(19)18(12)16/h3-7,10,17H,8-9,11H2,1-2H3/t17-/m0/s1. The smallest absolute Gasteiger partial charge is 0.119 e. The van der Waals surface area contributed by atoms with Gasteiger partial charge in [-0.05, 0) is 59.8 Å². The molecule has 0 fully saturated rings. The fraction of sp³-hybridized carbons (Fsp3) is 0.333. The molecule has 2 aromatic carbocycles. The molecule has 0 amide bonds. The van der Waals surface area contributed by atoms with Gasteiger partial charge in [-0.15, -0.1) is 0 Å². The lowest BCUT2D eigenvalue weighted by atomic mass is 9.77. The van der Waals surface area contributed by atoms with E-state index in [9.17, 15) is 0 Å². The maximum atomic E-state index is 5.39. The summed E-state index contributed by atoms with van der Waals surface area (Å²) in [6, 6.07) is 13.8. The first-order chi connectivity index (χ1) is 9.78. The first kappa shape index (κ1) is 12.0. The molecule has 0 bridgehead atoms. The Bertz CT molecular complexity index is 677. The Morgan fingerprint density at radius 2 is 2.00 bits per heavy atom. The minimum Gasteiger partial charge on any atom is -0.497 e. The summed E-state index contributed by atoms with van der Waals surface area (Å²) >= 11 is 0. The molecule has 2 aliphatic rings. The third kappa shape index (κ3) is 1.61. The number of hydrogen-bond donors (Lipinski definition) is 0. The Kier molecular flexibility index (Phi) is 2.61. The molecule has 0 aromatic heterocycles. The molecule has 2 aromatic rings. The van der Waals surface area contributed by atoms with Crippen molar-refractivity contribution in [3.8, 4) is 16.9 Å². The van der Waals surface area contributed by atoms with E-state index >= 15 is 0 Å².